The number of anilines is 2. The van der Waals surface area contributed by atoms with Gasteiger partial charge in [-0.25, -0.2) is 17.6 Å². The Labute approximate surface area is 325 Å². The third kappa shape index (κ3) is 8.04. The minimum Gasteiger partial charge on any atom is -0.453 e. The van der Waals surface area contributed by atoms with Gasteiger partial charge in [0.05, 0.1) is 16.9 Å². The van der Waals surface area contributed by atoms with E-state index < -0.39 is 15.9 Å². The molecule has 0 aromatic heterocycles. The molecule has 0 radical (unpaired) electrons. The van der Waals surface area contributed by atoms with E-state index in [4.69, 9.17) is 4.74 Å². The Bertz CT molecular complexity index is 1960. The summed E-state index contributed by atoms with van der Waals surface area (Å²) in [6, 6.07) is 20.7. The van der Waals surface area contributed by atoms with Crippen LogP contribution < -0.4 is 15.1 Å². The molecule has 4 aliphatic rings. The van der Waals surface area contributed by atoms with Gasteiger partial charge < -0.3 is 29.7 Å². The van der Waals surface area contributed by atoms with Crippen LogP contribution in [-0.4, -0.2) is 103 Å². The van der Waals surface area contributed by atoms with E-state index in [9.17, 15) is 18.0 Å². The Morgan fingerprint density at radius 1 is 0.927 bits per heavy atom. The van der Waals surface area contributed by atoms with Crippen molar-refractivity contribution in [2.45, 2.75) is 59.8 Å². The first kappa shape index (κ1) is 39.0. The molecule has 0 spiro atoms. The maximum Gasteiger partial charge on any atom is 0.407 e. The molecule has 1 N–H and O–H groups in total. The van der Waals surface area contributed by atoms with Crippen LogP contribution in [0.2, 0.25) is 0 Å². The van der Waals surface area contributed by atoms with E-state index in [1.165, 1.54) is 36.6 Å². The molecule has 0 bridgehead atoms. The number of nitrogens with zero attached hydrogens (tertiary/aromatic N) is 4. The maximum atomic E-state index is 15.0. The van der Waals surface area contributed by atoms with Crippen LogP contribution in [0.25, 0.3) is 0 Å². The van der Waals surface area contributed by atoms with Gasteiger partial charge in [-0.15, -0.1) is 0 Å². The number of methoxy groups -OCH3 is 1. The molecule has 7 rings (SSSR count). The van der Waals surface area contributed by atoms with Crippen molar-refractivity contribution in [1.82, 2.24) is 15.1 Å². The number of rotatable bonds is 13. The Kier molecular flexibility index (Phi) is 11.7. The molecule has 55 heavy (non-hydrogen) atoms. The third-order valence-corrected chi connectivity index (χ3v) is 14.6. The summed E-state index contributed by atoms with van der Waals surface area (Å²) in [4.78, 5) is 33.7. The average molecular weight is 772 g/mol. The van der Waals surface area contributed by atoms with Gasteiger partial charge in [-0.1, -0.05) is 31.2 Å². The lowest BCUT2D eigenvalue weighted by atomic mass is 9.57. The van der Waals surface area contributed by atoms with Gasteiger partial charge in [0, 0.05) is 62.0 Å². The predicted molar refractivity (Wildman–Crippen MR) is 213 cm³/mol. The van der Waals surface area contributed by atoms with Crippen LogP contribution in [0.5, 0.6) is 0 Å². The van der Waals surface area contributed by atoms with E-state index in [1.54, 1.807) is 43.4 Å². The summed E-state index contributed by atoms with van der Waals surface area (Å²) in [6.07, 6.45) is 6.93. The fourth-order valence-corrected chi connectivity index (χ4v) is 11.0. The summed E-state index contributed by atoms with van der Waals surface area (Å²) in [5, 5.41) is 3.18. The molecule has 3 aromatic carbocycles. The van der Waals surface area contributed by atoms with Crippen LogP contribution in [0.15, 0.2) is 95.2 Å². The number of hydrogen-bond donors (Lipinski definition) is 1. The zero-order valence-electron chi connectivity index (χ0n) is 32.0. The summed E-state index contributed by atoms with van der Waals surface area (Å²) < 4.78 is 47.1. The lowest BCUT2D eigenvalue weighted by Crippen LogP contribution is -2.60. The van der Waals surface area contributed by atoms with Crippen molar-refractivity contribution in [3.8, 4) is 0 Å². The molecule has 0 unspecified atom stereocenters. The molecule has 1 saturated carbocycles. The van der Waals surface area contributed by atoms with E-state index in [0.717, 1.165) is 95.7 Å². The Morgan fingerprint density at radius 3 is 2.31 bits per heavy atom. The highest BCUT2D eigenvalue weighted by Gasteiger charge is 2.53. The fourth-order valence-electron chi connectivity index (χ4n) is 9.73. The van der Waals surface area contributed by atoms with Gasteiger partial charge in [-0.2, -0.15) is 0 Å². The molecule has 4 fully saturated rings. The summed E-state index contributed by atoms with van der Waals surface area (Å²) in [7, 11) is -0.779. The zero-order valence-corrected chi connectivity index (χ0v) is 32.9. The molecule has 12 heteroatoms. The first-order valence-corrected chi connectivity index (χ1v) is 21.2. The molecule has 3 aromatic rings. The number of ether oxygens (including phenoxy) is 1. The van der Waals surface area contributed by atoms with E-state index in [1.807, 2.05) is 18.2 Å². The largest absolute Gasteiger partial charge is 0.453 e. The third-order valence-electron chi connectivity index (χ3n) is 12.8. The first-order valence-electron chi connectivity index (χ1n) is 19.7. The van der Waals surface area contributed by atoms with Crippen molar-refractivity contribution < 1.29 is 27.1 Å². The fraction of sp³-hybridized carbons (Fsp3) is 0.488. The molecule has 294 valence electrons. The van der Waals surface area contributed by atoms with Crippen molar-refractivity contribution in [3.63, 3.8) is 0 Å². The van der Waals surface area contributed by atoms with E-state index in [2.05, 4.69) is 32.7 Å². The number of nitrogens with one attached hydrogen (secondary N) is 1. The highest BCUT2D eigenvalue weighted by Crippen LogP contribution is 2.51. The number of halogens is 1. The van der Waals surface area contributed by atoms with Gasteiger partial charge >= 0.3 is 6.09 Å². The number of carbonyl (C=O) groups excluding carboxylic acids is 2. The second kappa shape index (κ2) is 16.5. The van der Waals surface area contributed by atoms with Gasteiger partial charge in [-0.05, 0) is 136 Å². The minimum absolute atomic E-state index is 0.0160. The molecule has 2 amide bonds. The molecule has 1 aliphatic carbocycles. The molecule has 10 nitrogen and oxygen atoms in total. The summed E-state index contributed by atoms with van der Waals surface area (Å²) in [5.41, 5.74) is 2.26. The van der Waals surface area contributed by atoms with Gasteiger partial charge in [0.25, 0.3) is 0 Å². The number of piperidine rings is 1. The molecule has 3 aliphatic heterocycles. The molecule has 3 atom stereocenters. The number of amides is 2. The van der Waals surface area contributed by atoms with Crippen molar-refractivity contribution in [2.24, 2.45) is 17.8 Å². The number of sulfone groups is 1. The SMILES string of the molecule is C=CC(=O)N(C)c1cccc(S(=O)(=O)c2ccc(N3CC(CN4CCC([C@@](CN5CCC5)(c5cccc(F)c5)[C@H]5CCC[C@@H]5NC(=O)OC)CC4)C3)cc2)c1. The number of alkyl carbamates (subject to hydrolysis) is 1. The number of hydrogen-bond acceptors (Lipinski definition) is 8. The lowest BCUT2D eigenvalue weighted by Gasteiger charge is -2.54. The Hall–Kier alpha value is -4.26. The van der Waals surface area contributed by atoms with Crippen LogP contribution in [0, 0.1) is 23.6 Å². The number of carbonyl (C=O) groups is 2. The molecule has 3 heterocycles. The molecular weight excluding hydrogens is 718 g/mol. The van der Waals surface area contributed by atoms with Crippen molar-refractivity contribution >= 4 is 33.2 Å². The van der Waals surface area contributed by atoms with Gasteiger partial charge in [0.2, 0.25) is 15.7 Å². The van der Waals surface area contributed by atoms with Gasteiger partial charge in [0.1, 0.15) is 5.82 Å². The second-order valence-corrected chi connectivity index (χ2v) is 17.9. The van der Waals surface area contributed by atoms with Crippen molar-refractivity contribution in [3.05, 3.63) is 96.8 Å². The average Bonchev–Trinajstić information content (AvgIpc) is 3.63. The predicted octanol–water partition coefficient (Wildman–Crippen LogP) is 6.12. The van der Waals surface area contributed by atoms with Gasteiger partial charge in [-0.3, -0.25) is 4.79 Å². The Balaban J connectivity index is 0.992. The van der Waals surface area contributed by atoms with E-state index >= 15 is 4.39 Å². The standard InChI is InChI=1S/C43H54FN5O5S/c1-4-41(50)46(2)36-11-6-12-38(26-36)55(52,53)37-17-15-35(16-18-37)49-28-31(29-49)27-47-23-19-32(20-24-47)43(30-48-21-8-22-48,33-9-5-10-34(44)25-33)39-13-7-14-40(39)45-42(51)54-3/h4-6,9-12,15-18,25-26,31-32,39-40H,1,7-8,13-14,19-24,27-30H2,2-3H3,(H,45,51)/t39-,40-,43-/m0/s1. The maximum absolute atomic E-state index is 15.0. The molecule has 3 saturated heterocycles. The highest BCUT2D eigenvalue weighted by atomic mass is 32.2. The minimum atomic E-state index is -3.78. The van der Waals surface area contributed by atoms with Crippen LogP contribution in [0.1, 0.15) is 44.1 Å². The zero-order chi connectivity index (χ0) is 38.7. The van der Waals surface area contributed by atoms with Crippen LogP contribution in [0.3, 0.4) is 0 Å². The summed E-state index contributed by atoms with van der Waals surface area (Å²) in [6.45, 7) is 11.3. The van der Waals surface area contributed by atoms with Crippen LogP contribution >= 0.6 is 0 Å². The van der Waals surface area contributed by atoms with Crippen molar-refractivity contribution in [1.29, 1.82) is 0 Å². The summed E-state index contributed by atoms with van der Waals surface area (Å²) >= 11 is 0. The van der Waals surface area contributed by atoms with E-state index in [0.29, 0.717) is 17.5 Å². The summed E-state index contributed by atoms with van der Waals surface area (Å²) in [5.74, 6) is 0.519. The second-order valence-electron chi connectivity index (χ2n) is 15.9. The quantitative estimate of drug-likeness (QED) is 0.208. The normalized spacial score (nSPS) is 22.3. The van der Waals surface area contributed by atoms with Crippen molar-refractivity contribution in [2.75, 3.05) is 76.3 Å². The number of likely N-dealkylation sites (tertiary alicyclic amines) is 2. The van der Waals surface area contributed by atoms with Gasteiger partial charge in [0.15, 0.2) is 0 Å². The smallest absolute Gasteiger partial charge is 0.407 e. The lowest BCUT2D eigenvalue weighted by molar-refractivity contribution is -0.113. The Morgan fingerprint density at radius 2 is 1.65 bits per heavy atom. The highest BCUT2D eigenvalue weighted by molar-refractivity contribution is 7.91. The van der Waals surface area contributed by atoms with Crippen LogP contribution in [0.4, 0.5) is 20.6 Å². The van der Waals surface area contributed by atoms with Crippen LogP contribution in [-0.2, 0) is 24.8 Å². The number of likely N-dealkylation sites (N-methyl/N-ethyl adjacent to an activating group) is 1. The van der Waals surface area contributed by atoms with E-state index in [-0.39, 0.29) is 38.9 Å². The monoisotopic (exact) mass is 771 g/mol. The first-order chi connectivity index (χ1) is 26.5. The topological polar surface area (TPSA) is 103 Å². The molecular formula is C43H54FN5O5S. The number of benzene rings is 3.